The summed E-state index contributed by atoms with van der Waals surface area (Å²) in [4.78, 5) is 24.8. The summed E-state index contributed by atoms with van der Waals surface area (Å²) >= 11 is 4.80. The summed E-state index contributed by atoms with van der Waals surface area (Å²) in [6.07, 6.45) is 2.41. The maximum atomic E-state index is 12.0. The lowest BCUT2D eigenvalue weighted by Crippen LogP contribution is -2.14. The first-order valence-electron chi connectivity index (χ1n) is 8.15. The SMILES string of the molecule is CCCCC(=O)Nc1cccc(SCC(=O)Nc2ccc(Br)cc2)c1. The highest BCUT2D eigenvalue weighted by atomic mass is 79.9. The second-order valence-electron chi connectivity index (χ2n) is 5.52. The lowest BCUT2D eigenvalue weighted by molar-refractivity contribution is -0.116. The largest absolute Gasteiger partial charge is 0.326 e. The molecule has 2 aromatic rings. The third kappa shape index (κ3) is 7.32. The van der Waals surface area contributed by atoms with Crippen LogP contribution in [0.1, 0.15) is 26.2 Å². The number of anilines is 2. The van der Waals surface area contributed by atoms with Crippen molar-refractivity contribution in [2.45, 2.75) is 31.1 Å². The van der Waals surface area contributed by atoms with Gasteiger partial charge in [-0.2, -0.15) is 0 Å². The highest BCUT2D eigenvalue weighted by Gasteiger charge is 2.06. The quantitative estimate of drug-likeness (QED) is 0.568. The molecule has 0 bridgehead atoms. The van der Waals surface area contributed by atoms with Crippen molar-refractivity contribution >= 4 is 50.9 Å². The van der Waals surface area contributed by atoms with Gasteiger partial charge in [-0.15, -0.1) is 11.8 Å². The predicted molar refractivity (Wildman–Crippen MR) is 108 cm³/mol. The molecule has 4 nitrogen and oxygen atoms in total. The molecule has 0 aliphatic rings. The number of thioether (sulfide) groups is 1. The van der Waals surface area contributed by atoms with Crippen LogP contribution in [-0.4, -0.2) is 17.6 Å². The van der Waals surface area contributed by atoms with Gasteiger partial charge in [0.15, 0.2) is 0 Å². The summed E-state index contributed by atoms with van der Waals surface area (Å²) in [5, 5.41) is 5.75. The summed E-state index contributed by atoms with van der Waals surface area (Å²) < 4.78 is 0.970. The Morgan fingerprint density at radius 2 is 1.72 bits per heavy atom. The van der Waals surface area contributed by atoms with Crippen LogP contribution in [0, 0.1) is 0 Å². The third-order valence-electron chi connectivity index (χ3n) is 3.37. The number of nitrogens with one attached hydrogen (secondary N) is 2. The van der Waals surface area contributed by atoms with E-state index in [2.05, 4.69) is 33.5 Å². The van der Waals surface area contributed by atoms with Crippen LogP contribution in [0.4, 0.5) is 11.4 Å². The summed E-state index contributed by atoms with van der Waals surface area (Å²) in [5.41, 5.74) is 1.53. The van der Waals surface area contributed by atoms with Gasteiger partial charge in [0.2, 0.25) is 11.8 Å². The minimum absolute atomic E-state index is 0.0250. The Morgan fingerprint density at radius 3 is 2.44 bits per heavy atom. The topological polar surface area (TPSA) is 58.2 Å². The number of carbonyl (C=O) groups is 2. The van der Waals surface area contributed by atoms with E-state index in [9.17, 15) is 9.59 Å². The van der Waals surface area contributed by atoms with E-state index in [1.165, 1.54) is 11.8 Å². The molecule has 132 valence electrons. The number of halogens is 1. The van der Waals surface area contributed by atoms with Gasteiger partial charge in [-0.05, 0) is 48.9 Å². The molecule has 0 atom stereocenters. The molecule has 2 rings (SSSR count). The Morgan fingerprint density at radius 1 is 1.00 bits per heavy atom. The maximum absolute atomic E-state index is 12.0. The Bertz CT molecular complexity index is 720. The summed E-state index contributed by atoms with van der Waals surface area (Å²) in [5.74, 6) is 0.269. The van der Waals surface area contributed by atoms with Crippen LogP contribution in [0.2, 0.25) is 0 Å². The van der Waals surface area contributed by atoms with E-state index >= 15 is 0 Å². The summed E-state index contributed by atoms with van der Waals surface area (Å²) in [6, 6.07) is 15.0. The maximum Gasteiger partial charge on any atom is 0.234 e. The molecule has 2 aromatic carbocycles. The number of benzene rings is 2. The number of unbranched alkanes of at least 4 members (excludes halogenated alkanes) is 1. The van der Waals surface area contributed by atoms with E-state index in [1.807, 2.05) is 48.5 Å². The van der Waals surface area contributed by atoms with E-state index in [-0.39, 0.29) is 11.8 Å². The summed E-state index contributed by atoms with van der Waals surface area (Å²) in [7, 11) is 0. The van der Waals surface area contributed by atoms with Crippen molar-refractivity contribution in [2.24, 2.45) is 0 Å². The van der Waals surface area contributed by atoms with Crippen molar-refractivity contribution in [1.82, 2.24) is 0 Å². The highest BCUT2D eigenvalue weighted by Crippen LogP contribution is 2.22. The number of rotatable bonds is 8. The molecule has 0 saturated heterocycles. The highest BCUT2D eigenvalue weighted by molar-refractivity contribution is 9.10. The molecule has 2 N–H and O–H groups in total. The first kappa shape index (κ1) is 19.5. The lowest BCUT2D eigenvalue weighted by Gasteiger charge is -2.08. The fourth-order valence-electron chi connectivity index (χ4n) is 2.10. The Hall–Kier alpha value is -1.79. The van der Waals surface area contributed by atoms with Gasteiger partial charge in [-0.1, -0.05) is 35.3 Å². The lowest BCUT2D eigenvalue weighted by atomic mass is 10.2. The predicted octanol–water partition coefficient (Wildman–Crippen LogP) is 5.31. The minimum Gasteiger partial charge on any atom is -0.326 e. The van der Waals surface area contributed by atoms with Gasteiger partial charge in [0.05, 0.1) is 5.75 Å². The second-order valence-corrected chi connectivity index (χ2v) is 7.49. The average Bonchev–Trinajstić information content (AvgIpc) is 2.60. The molecule has 2 amide bonds. The van der Waals surface area contributed by atoms with Crippen LogP contribution in [0.15, 0.2) is 57.9 Å². The van der Waals surface area contributed by atoms with Crippen molar-refractivity contribution in [3.8, 4) is 0 Å². The van der Waals surface area contributed by atoms with Gasteiger partial charge in [0, 0.05) is 27.2 Å². The van der Waals surface area contributed by atoms with E-state index in [1.54, 1.807) is 0 Å². The Kier molecular flexibility index (Phi) is 8.01. The molecule has 0 spiro atoms. The first-order chi connectivity index (χ1) is 12.1. The molecule has 0 aliphatic carbocycles. The van der Waals surface area contributed by atoms with Gasteiger partial charge in [0.25, 0.3) is 0 Å². The van der Waals surface area contributed by atoms with Crippen LogP contribution in [-0.2, 0) is 9.59 Å². The van der Waals surface area contributed by atoms with E-state index in [4.69, 9.17) is 0 Å². The van der Waals surface area contributed by atoms with Crippen molar-refractivity contribution in [3.63, 3.8) is 0 Å². The van der Waals surface area contributed by atoms with Crippen molar-refractivity contribution < 1.29 is 9.59 Å². The molecule has 25 heavy (non-hydrogen) atoms. The smallest absolute Gasteiger partial charge is 0.234 e. The number of hydrogen-bond donors (Lipinski definition) is 2. The zero-order chi connectivity index (χ0) is 18.1. The second kappa shape index (κ2) is 10.3. The Labute approximate surface area is 160 Å². The number of carbonyl (C=O) groups excluding carboxylic acids is 2. The zero-order valence-corrected chi connectivity index (χ0v) is 16.5. The molecule has 0 saturated carbocycles. The van der Waals surface area contributed by atoms with Crippen LogP contribution >= 0.6 is 27.7 Å². The van der Waals surface area contributed by atoms with Gasteiger partial charge in [-0.3, -0.25) is 9.59 Å². The number of hydrogen-bond acceptors (Lipinski definition) is 3. The fourth-order valence-corrected chi connectivity index (χ4v) is 3.12. The van der Waals surface area contributed by atoms with Crippen LogP contribution < -0.4 is 10.6 Å². The molecule has 0 unspecified atom stereocenters. The molecule has 0 aromatic heterocycles. The van der Waals surface area contributed by atoms with Crippen molar-refractivity contribution in [3.05, 3.63) is 53.0 Å². The fraction of sp³-hybridized carbons (Fsp3) is 0.263. The van der Waals surface area contributed by atoms with Gasteiger partial charge < -0.3 is 10.6 Å². The monoisotopic (exact) mass is 420 g/mol. The van der Waals surface area contributed by atoms with Crippen molar-refractivity contribution in [2.75, 3.05) is 16.4 Å². The normalized spacial score (nSPS) is 10.3. The molecule has 0 radical (unpaired) electrons. The average molecular weight is 421 g/mol. The molecule has 0 aliphatic heterocycles. The molecular formula is C19H21BrN2O2S. The van der Waals surface area contributed by atoms with Crippen LogP contribution in [0.5, 0.6) is 0 Å². The van der Waals surface area contributed by atoms with E-state index in [0.717, 1.165) is 33.6 Å². The molecule has 0 heterocycles. The minimum atomic E-state index is -0.0651. The molecule has 0 fully saturated rings. The molecule has 6 heteroatoms. The number of amides is 2. The standard InChI is InChI=1S/C19H21BrN2O2S/c1-2-3-7-18(23)22-16-5-4-6-17(12-16)25-13-19(24)21-15-10-8-14(20)9-11-15/h4-6,8-12H,2-3,7,13H2,1H3,(H,21,24)(H,22,23). The van der Waals surface area contributed by atoms with Crippen LogP contribution in [0.25, 0.3) is 0 Å². The Balaban J connectivity index is 1.83. The van der Waals surface area contributed by atoms with Gasteiger partial charge >= 0.3 is 0 Å². The van der Waals surface area contributed by atoms with Gasteiger partial charge in [-0.25, -0.2) is 0 Å². The first-order valence-corrected chi connectivity index (χ1v) is 9.93. The third-order valence-corrected chi connectivity index (χ3v) is 4.90. The van der Waals surface area contributed by atoms with E-state index < -0.39 is 0 Å². The van der Waals surface area contributed by atoms with Crippen molar-refractivity contribution in [1.29, 1.82) is 0 Å². The van der Waals surface area contributed by atoms with Crippen LogP contribution in [0.3, 0.4) is 0 Å². The van der Waals surface area contributed by atoms with E-state index in [0.29, 0.717) is 12.2 Å². The van der Waals surface area contributed by atoms with Gasteiger partial charge in [0.1, 0.15) is 0 Å². The summed E-state index contributed by atoms with van der Waals surface area (Å²) in [6.45, 7) is 2.06. The zero-order valence-electron chi connectivity index (χ0n) is 14.0. The molecular weight excluding hydrogens is 400 g/mol.